The van der Waals surface area contributed by atoms with E-state index in [9.17, 15) is 4.79 Å². The van der Waals surface area contributed by atoms with Crippen LogP contribution in [0.25, 0.3) is 0 Å². The highest BCUT2D eigenvalue weighted by atomic mass is 32.2. The van der Waals surface area contributed by atoms with Gasteiger partial charge in [0, 0.05) is 35.8 Å². The van der Waals surface area contributed by atoms with Gasteiger partial charge in [0.05, 0.1) is 0 Å². The van der Waals surface area contributed by atoms with E-state index in [1.807, 2.05) is 42.9 Å². The summed E-state index contributed by atoms with van der Waals surface area (Å²) in [6.45, 7) is 5.01. The van der Waals surface area contributed by atoms with Gasteiger partial charge < -0.3 is 10.1 Å². The summed E-state index contributed by atoms with van der Waals surface area (Å²) >= 11 is 1.67. The first kappa shape index (κ1) is 20.1. The minimum absolute atomic E-state index is 0.156. The van der Waals surface area contributed by atoms with Crippen LogP contribution in [0.1, 0.15) is 19.4 Å². The second kappa shape index (κ2) is 9.03. The fraction of sp³-hybridized carbons (Fsp3) is 0.286. The van der Waals surface area contributed by atoms with Crippen LogP contribution in [-0.4, -0.2) is 35.7 Å². The average Bonchev–Trinajstić information content (AvgIpc) is 3.06. The number of hydrogen-bond donors (Lipinski definition) is 1. The van der Waals surface area contributed by atoms with E-state index >= 15 is 0 Å². The lowest BCUT2D eigenvalue weighted by molar-refractivity contribution is -0.819. The van der Waals surface area contributed by atoms with E-state index in [-0.39, 0.29) is 12.6 Å². The Morgan fingerprint density at radius 2 is 2.00 bits per heavy atom. The summed E-state index contributed by atoms with van der Waals surface area (Å²) in [6.07, 6.45) is 5.02. The number of nitrogens with one attached hydrogen (secondary N) is 1. The summed E-state index contributed by atoms with van der Waals surface area (Å²) < 4.78 is 5.82. The van der Waals surface area contributed by atoms with Gasteiger partial charge in [-0.05, 0) is 30.0 Å². The van der Waals surface area contributed by atoms with Gasteiger partial charge in [0.15, 0.2) is 6.34 Å². The standard InChI is InChI=1S/C21H24N4O2S/c1-16(2)19-20(28-18-9-5-4-6-10-18)25(14-24-19,15-27-21(26)22-3)13-17-8-7-11-23-12-17/h4-12,14,16H,13,15H2,1-3H3/p+1. The molecule has 7 heteroatoms. The third-order valence-electron chi connectivity index (χ3n) is 4.36. The predicted molar refractivity (Wildman–Crippen MR) is 111 cm³/mol. The number of alkyl carbamates (subject to hydrolysis) is 1. The molecule has 0 radical (unpaired) electrons. The van der Waals surface area contributed by atoms with Crippen LogP contribution in [0.4, 0.5) is 4.79 Å². The van der Waals surface area contributed by atoms with Crippen LogP contribution in [0.15, 0.2) is 75.5 Å². The van der Waals surface area contributed by atoms with Crippen molar-refractivity contribution in [1.82, 2.24) is 10.3 Å². The highest BCUT2D eigenvalue weighted by Gasteiger charge is 2.42. The van der Waals surface area contributed by atoms with Crippen LogP contribution >= 0.6 is 11.8 Å². The van der Waals surface area contributed by atoms with E-state index in [1.54, 1.807) is 25.0 Å². The molecule has 1 unspecified atom stereocenters. The van der Waals surface area contributed by atoms with Gasteiger partial charge >= 0.3 is 6.09 Å². The van der Waals surface area contributed by atoms with Crippen LogP contribution in [0.3, 0.4) is 0 Å². The van der Waals surface area contributed by atoms with Crippen LogP contribution in [0, 0.1) is 5.92 Å². The lowest BCUT2D eigenvalue weighted by atomic mass is 10.1. The lowest BCUT2D eigenvalue weighted by Crippen LogP contribution is -2.46. The SMILES string of the molecule is CNC(=O)OC[N+]1(Cc2cccnc2)C=NC(C(C)C)=C1Sc1ccccc1. The van der Waals surface area contributed by atoms with Crippen molar-refractivity contribution in [3.05, 3.63) is 71.1 Å². The molecule has 1 aromatic carbocycles. The molecule has 2 heterocycles. The molecule has 2 aromatic rings. The van der Waals surface area contributed by atoms with Gasteiger partial charge in [0.1, 0.15) is 12.2 Å². The van der Waals surface area contributed by atoms with E-state index in [1.165, 1.54) is 0 Å². The maximum atomic E-state index is 11.8. The number of carbonyl (C=O) groups is 1. The van der Waals surface area contributed by atoms with Gasteiger partial charge in [-0.25, -0.2) is 14.3 Å². The Bertz CT molecular complexity index is 868. The number of quaternary nitrogens is 1. The molecule has 28 heavy (non-hydrogen) atoms. The molecule has 146 valence electrons. The van der Waals surface area contributed by atoms with E-state index in [0.29, 0.717) is 11.0 Å². The number of carbonyl (C=O) groups excluding carboxylic acids is 1. The zero-order valence-corrected chi connectivity index (χ0v) is 17.1. The second-order valence-electron chi connectivity index (χ2n) is 6.87. The Hall–Kier alpha value is -2.64. The van der Waals surface area contributed by atoms with Crippen molar-refractivity contribution in [2.24, 2.45) is 10.9 Å². The van der Waals surface area contributed by atoms with E-state index in [0.717, 1.165) is 21.2 Å². The zero-order chi connectivity index (χ0) is 20.0. The van der Waals surface area contributed by atoms with Crippen molar-refractivity contribution >= 4 is 24.2 Å². The maximum absolute atomic E-state index is 11.8. The molecule has 1 N–H and O–H groups in total. The Labute approximate surface area is 169 Å². The van der Waals surface area contributed by atoms with Gasteiger partial charge in [-0.3, -0.25) is 4.98 Å². The summed E-state index contributed by atoms with van der Waals surface area (Å²) in [7, 11) is 1.56. The summed E-state index contributed by atoms with van der Waals surface area (Å²) in [5, 5.41) is 3.58. The zero-order valence-electron chi connectivity index (χ0n) is 16.3. The number of aliphatic imine (C=N–C) groups is 1. The molecular weight excluding hydrogens is 372 g/mol. The summed E-state index contributed by atoms with van der Waals surface area (Å²) in [5.74, 6) is 0.247. The quantitative estimate of drug-likeness (QED) is 0.705. The molecule has 0 aliphatic carbocycles. The van der Waals surface area contributed by atoms with E-state index in [2.05, 4.69) is 36.3 Å². The van der Waals surface area contributed by atoms with Crippen molar-refractivity contribution in [3.63, 3.8) is 0 Å². The van der Waals surface area contributed by atoms with Crippen molar-refractivity contribution in [2.45, 2.75) is 25.3 Å². The third kappa shape index (κ3) is 4.61. The van der Waals surface area contributed by atoms with E-state index < -0.39 is 6.09 Å². The van der Waals surface area contributed by atoms with Gasteiger partial charge in [0.25, 0.3) is 0 Å². The smallest absolute Gasteiger partial charge is 0.398 e. The summed E-state index contributed by atoms with van der Waals surface area (Å²) in [4.78, 5) is 21.9. The number of thioether (sulfide) groups is 1. The van der Waals surface area contributed by atoms with Crippen LogP contribution in [-0.2, 0) is 11.3 Å². The lowest BCUT2D eigenvalue weighted by Gasteiger charge is -2.31. The van der Waals surface area contributed by atoms with Crippen LogP contribution < -0.4 is 5.32 Å². The first-order valence-corrected chi connectivity index (χ1v) is 9.99. The fourth-order valence-electron chi connectivity index (χ4n) is 2.96. The Balaban J connectivity index is 2.01. The molecule has 1 aliphatic heterocycles. The Morgan fingerprint density at radius 3 is 2.64 bits per heavy atom. The molecular formula is C21H25N4O2S+. The number of amides is 1. The Morgan fingerprint density at radius 1 is 1.21 bits per heavy atom. The van der Waals surface area contributed by atoms with Crippen molar-refractivity contribution in [3.8, 4) is 0 Å². The minimum atomic E-state index is -0.459. The average molecular weight is 398 g/mol. The van der Waals surface area contributed by atoms with Crippen molar-refractivity contribution in [1.29, 1.82) is 0 Å². The molecule has 1 aliphatic rings. The molecule has 0 saturated heterocycles. The summed E-state index contributed by atoms with van der Waals surface area (Å²) in [5.41, 5.74) is 2.06. The monoisotopic (exact) mass is 397 g/mol. The first-order valence-electron chi connectivity index (χ1n) is 9.17. The van der Waals surface area contributed by atoms with Crippen molar-refractivity contribution < 1.29 is 14.0 Å². The number of rotatable bonds is 7. The molecule has 6 nitrogen and oxygen atoms in total. The molecule has 0 bridgehead atoms. The number of pyridine rings is 1. The van der Waals surface area contributed by atoms with Gasteiger partial charge in [-0.1, -0.05) is 38.1 Å². The number of allylic oxidation sites excluding steroid dienone is 1. The van der Waals surface area contributed by atoms with Crippen molar-refractivity contribution in [2.75, 3.05) is 13.8 Å². The highest BCUT2D eigenvalue weighted by Crippen LogP contribution is 2.42. The highest BCUT2D eigenvalue weighted by molar-refractivity contribution is 8.02. The number of benzene rings is 1. The largest absolute Gasteiger partial charge is 0.411 e. The molecule has 1 atom stereocenters. The van der Waals surface area contributed by atoms with Crippen LogP contribution in [0.2, 0.25) is 0 Å². The minimum Gasteiger partial charge on any atom is -0.398 e. The number of aromatic nitrogens is 1. The molecule has 0 saturated carbocycles. The molecule has 0 fully saturated rings. The molecule has 3 rings (SSSR count). The maximum Gasteiger partial charge on any atom is 0.411 e. The predicted octanol–water partition coefficient (Wildman–Crippen LogP) is 4.37. The summed E-state index contributed by atoms with van der Waals surface area (Å²) in [6, 6.07) is 14.1. The van der Waals surface area contributed by atoms with Gasteiger partial charge in [-0.15, -0.1) is 0 Å². The van der Waals surface area contributed by atoms with Crippen LogP contribution in [0.5, 0.6) is 0 Å². The number of hydrogen-bond acceptors (Lipinski definition) is 5. The normalized spacial score (nSPS) is 18.6. The number of ether oxygens (including phenoxy) is 1. The number of nitrogens with zero attached hydrogens (tertiary/aromatic N) is 3. The topological polar surface area (TPSA) is 63.6 Å². The fourth-order valence-corrected chi connectivity index (χ4v) is 4.22. The molecule has 0 spiro atoms. The Kier molecular flexibility index (Phi) is 6.49. The van der Waals surface area contributed by atoms with Gasteiger partial charge in [-0.2, -0.15) is 0 Å². The van der Waals surface area contributed by atoms with Gasteiger partial charge in [0.2, 0.25) is 11.8 Å². The first-order chi connectivity index (χ1) is 13.5. The molecule has 1 amide bonds. The second-order valence-corrected chi connectivity index (χ2v) is 7.93. The van der Waals surface area contributed by atoms with E-state index in [4.69, 9.17) is 9.73 Å². The molecule has 1 aromatic heterocycles. The third-order valence-corrected chi connectivity index (χ3v) is 5.64.